The lowest BCUT2D eigenvalue weighted by molar-refractivity contribution is -0.605. The normalized spacial score (nSPS) is 10.3. The Labute approximate surface area is 117 Å². The van der Waals surface area contributed by atoms with Crippen LogP contribution in [0.25, 0.3) is 0 Å². The maximum atomic E-state index is 12.1. The molecular formula is C12H11BrN2O2S. The third-order valence-electron chi connectivity index (χ3n) is 2.41. The van der Waals surface area contributed by atoms with Crippen LogP contribution in [0.1, 0.15) is 15.2 Å². The summed E-state index contributed by atoms with van der Waals surface area (Å²) in [6.45, 7) is 0.557. The summed E-state index contributed by atoms with van der Waals surface area (Å²) in [6.07, 6.45) is 2.64. The SMILES string of the molecule is CN(Cc1cc(Br)cs1)C(=O)c1cc[n+]([O-])cc1. The zero-order valence-electron chi connectivity index (χ0n) is 9.67. The number of nitrogens with zero attached hydrogens (tertiary/aromatic N) is 2. The summed E-state index contributed by atoms with van der Waals surface area (Å²) < 4.78 is 1.68. The maximum Gasteiger partial charge on any atom is 0.254 e. The molecule has 2 aromatic rings. The average Bonchev–Trinajstić information content (AvgIpc) is 2.75. The Kier molecular flexibility index (Phi) is 3.98. The van der Waals surface area contributed by atoms with Gasteiger partial charge < -0.3 is 10.1 Å². The van der Waals surface area contributed by atoms with Crippen LogP contribution in [0.15, 0.2) is 40.4 Å². The first-order valence-electron chi connectivity index (χ1n) is 5.23. The van der Waals surface area contributed by atoms with E-state index in [0.717, 1.165) is 9.35 Å². The van der Waals surface area contributed by atoms with Crippen molar-refractivity contribution < 1.29 is 9.52 Å². The summed E-state index contributed by atoms with van der Waals surface area (Å²) in [6, 6.07) is 5.04. The Bertz CT molecular complexity index is 553. The Hall–Kier alpha value is -1.40. The molecule has 0 aliphatic heterocycles. The van der Waals surface area contributed by atoms with E-state index in [4.69, 9.17) is 0 Å². The number of halogens is 1. The highest BCUT2D eigenvalue weighted by Gasteiger charge is 2.13. The first-order valence-corrected chi connectivity index (χ1v) is 6.91. The molecular weight excluding hydrogens is 316 g/mol. The van der Waals surface area contributed by atoms with Gasteiger partial charge in [-0.2, -0.15) is 4.73 Å². The lowest BCUT2D eigenvalue weighted by Gasteiger charge is -2.15. The Balaban J connectivity index is 2.07. The van der Waals surface area contributed by atoms with Crippen molar-refractivity contribution in [1.29, 1.82) is 0 Å². The largest absolute Gasteiger partial charge is 0.619 e. The van der Waals surface area contributed by atoms with Crippen molar-refractivity contribution >= 4 is 33.2 Å². The number of hydrogen-bond acceptors (Lipinski definition) is 3. The molecule has 0 aliphatic carbocycles. The third-order valence-corrected chi connectivity index (χ3v) is 4.09. The third kappa shape index (κ3) is 3.08. The highest BCUT2D eigenvalue weighted by atomic mass is 79.9. The van der Waals surface area contributed by atoms with Crippen LogP contribution in [0.3, 0.4) is 0 Å². The summed E-state index contributed by atoms with van der Waals surface area (Å²) in [5.74, 6) is -0.0971. The van der Waals surface area contributed by atoms with Crippen LogP contribution in [-0.2, 0) is 6.54 Å². The van der Waals surface area contributed by atoms with E-state index in [9.17, 15) is 10.0 Å². The molecule has 0 bridgehead atoms. The smallest absolute Gasteiger partial charge is 0.254 e. The van der Waals surface area contributed by atoms with Gasteiger partial charge in [0.25, 0.3) is 5.91 Å². The van der Waals surface area contributed by atoms with Crippen molar-refractivity contribution in [3.8, 4) is 0 Å². The summed E-state index contributed by atoms with van der Waals surface area (Å²) >= 11 is 4.98. The van der Waals surface area contributed by atoms with E-state index in [1.165, 1.54) is 24.5 Å². The van der Waals surface area contributed by atoms with Crippen molar-refractivity contribution in [3.05, 3.63) is 56.1 Å². The van der Waals surface area contributed by atoms with Gasteiger partial charge in [-0.25, -0.2) is 0 Å². The van der Waals surface area contributed by atoms with Gasteiger partial charge in [-0.1, -0.05) is 0 Å². The van der Waals surface area contributed by atoms with Crippen molar-refractivity contribution in [3.63, 3.8) is 0 Å². The Morgan fingerprint density at radius 3 is 2.72 bits per heavy atom. The standard InChI is InChI=1S/C12H11BrN2O2S/c1-14(7-11-6-10(13)8-18-11)12(16)9-2-4-15(17)5-3-9/h2-6,8H,7H2,1H3. The number of rotatable bonds is 3. The van der Waals surface area contributed by atoms with Crippen LogP contribution < -0.4 is 4.73 Å². The zero-order valence-corrected chi connectivity index (χ0v) is 12.1. The lowest BCUT2D eigenvalue weighted by atomic mass is 10.2. The first-order chi connectivity index (χ1) is 8.56. The first kappa shape index (κ1) is 13.0. The molecule has 0 fully saturated rings. The highest BCUT2D eigenvalue weighted by Crippen LogP contribution is 2.21. The number of thiophene rings is 1. The van der Waals surface area contributed by atoms with Crippen LogP contribution in [0, 0.1) is 5.21 Å². The molecule has 0 spiro atoms. The Morgan fingerprint density at radius 2 is 2.17 bits per heavy atom. The molecule has 0 saturated heterocycles. The van der Waals surface area contributed by atoms with E-state index in [1.807, 2.05) is 11.4 Å². The van der Waals surface area contributed by atoms with Gasteiger partial charge in [0.15, 0.2) is 12.4 Å². The minimum atomic E-state index is -0.0971. The molecule has 0 N–H and O–H groups in total. The molecule has 94 valence electrons. The number of carbonyl (C=O) groups is 1. The molecule has 18 heavy (non-hydrogen) atoms. The molecule has 2 aromatic heterocycles. The topological polar surface area (TPSA) is 47.2 Å². The molecule has 1 amide bonds. The second-order valence-electron chi connectivity index (χ2n) is 3.84. The van der Waals surface area contributed by atoms with Gasteiger partial charge in [0, 0.05) is 33.9 Å². The van der Waals surface area contributed by atoms with Crippen molar-refractivity contribution in [2.75, 3.05) is 7.05 Å². The van der Waals surface area contributed by atoms with Crippen molar-refractivity contribution in [1.82, 2.24) is 4.90 Å². The second kappa shape index (κ2) is 5.49. The number of pyridine rings is 1. The quantitative estimate of drug-likeness (QED) is 0.642. The van der Waals surface area contributed by atoms with Crippen LogP contribution in [0.5, 0.6) is 0 Å². The molecule has 2 heterocycles. The van der Waals surface area contributed by atoms with Gasteiger partial charge in [0.1, 0.15) is 0 Å². The molecule has 0 atom stereocenters. The van der Waals surface area contributed by atoms with E-state index in [-0.39, 0.29) is 5.91 Å². The van der Waals surface area contributed by atoms with Crippen molar-refractivity contribution in [2.45, 2.75) is 6.54 Å². The summed E-state index contributed by atoms with van der Waals surface area (Å²) in [4.78, 5) is 14.8. The van der Waals surface area contributed by atoms with Gasteiger partial charge in [-0.15, -0.1) is 11.3 Å². The number of aromatic nitrogens is 1. The number of carbonyl (C=O) groups excluding carboxylic acids is 1. The molecule has 6 heteroatoms. The van der Waals surface area contributed by atoms with E-state index in [2.05, 4.69) is 15.9 Å². The zero-order chi connectivity index (χ0) is 13.1. The fourth-order valence-electron chi connectivity index (χ4n) is 1.52. The van der Waals surface area contributed by atoms with Crippen LogP contribution in [-0.4, -0.2) is 17.9 Å². The molecule has 0 unspecified atom stereocenters. The fourth-order valence-corrected chi connectivity index (χ4v) is 3.02. The summed E-state index contributed by atoms with van der Waals surface area (Å²) in [5.41, 5.74) is 0.514. The van der Waals surface area contributed by atoms with Crippen LogP contribution >= 0.6 is 27.3 Å². The van der Waals surface area contributed by atoms with Crippen molar-refractivity contribution in [2.24, 2.45) is 0 Å². The lowest BCUT2D eigenvalue weighted by Crippen LogP contribution is -2.28. The van der Waals surface area contributed by atoms with Gasteiger partial charge >= 0.3 is 0 Å². The average molecular weight is 327 g/mol. The predicted molar refractivity (Wildman–Crippen MR) is 73.2 cm³/mol. The van der Waals surface area contributed by atoms with E-state index in [0.29, 0.717) is 16.8 Å². The highest BCUT2D eigenvalue weighted by molar-refractivity contribution is 9.10. The second-order valence-corrected chi connectivity index (χ2v) is 5.75. The summed E-state index contributed by atoms with van der Waals surface area (Å²) in [5, 5.41) is 12.9. The van der Waals surface area contributed by atoms with E-state index >= 15 is 0 Å². The van der Waals surface area contributed by atoms with Gasteiger partial charge in [0.05, 0.1) is 12.1 Å². The van der Waals surface area contributed by atoms with Crippen LogP contribution in [0.2, 0.25) is 0 Å². The molecule has 0 saturated carbocycles. The van der Waals surface area contributed by atoms with E-state index < -0.39 is 0 Å². The van der Waals surface area contributed by atoms with Gasteiger partial charge in [0.2, 0.25) is 0 Å². The number of hydrogen-bond donors (Lipinski definition) is 0. The van der Waals surface area contributed by atoms with E-state index in [1.54, 1.807) is 23.3 Å². The maximum absolute atomic E-state index is 12.1. The molecule has 0 aromatic carbocycles. The molecule has 4 nitrogen and oxygen atoms in total. The van der Waals surface area contributed by atoms with Crippen LogP contribution in [0.4, 0.5) is 0 Å². The minimum Gasteiger partial charge on any atom is -0.619 e. The monoisotopic (exact) mass is 326 g/mol. The molecule has 2 rings (SSSR count). The fraction of sp³-hybridized carbons (Fsp3) is 0.167. The Morgan fingerprint density at radius 1 is 1.50 bits per heavy atom. The predicted octanol–water partition coefficient (Wildman–Crippen LogP) is 2.42. The number of amides is 1. The van der Waals surface area contributed by atoms with Gasteiger partial charge in [-0.3, -0.25) is 4.79 Å². The van der Waals surface area contributed by atoms with Gasteiger partial charge in [-0.05, 0) is 22.0 Å². The summed E-state index contributed by atoms with van der Waals surface area (Å²) in [7, 11) is 1.74. The minimum absolute atomic E-state index is 0.0971. The molecule has 0 aliphatic rings. The molecule has 0 radical (unpaired) electrons.